The van der Waals surface area contributed by atoms with Crippen molar-refractivity contribution in [1.82, 2.24) is 9.88 Å². The number of morpholine rings is 1. The van der Waals surface area contributed by atoms with Crippen molar-refractivity contribution in [2.45, 2.75) is 39.3 Å². The topological polar surface area (TPSA) is 54.5 Å². The van der Waals surface area contributed by atoms with E-state index in [1.165, 1.54) is 0 Å². The number of pyridine rings is 1. The first-order chi connectivity index (χ1) is 9.65. The lowest BCUT2D eigenvalue weighted by atomic mass is 10.1. The molecule has 2 atom stereocenters. The van der Waals surface area contributed by atoms with Crippen molar-refractivity contribution in [3.05, 3.63) is 23.9 Å². The molecule has 1 aliphatic rings. The number of carbonyl (C=O) groups excluding carboxylic acids is 1. The van der Waals surface area contributed by atoms with E-state index in [9.17, 15) is 4.79 Å². The molecule has 0 bridgehead atoms. The lowest BCUT2D eigenvalue weighted by Gasteiger charge is -2.38. The summed E-state index contributed by atoms with van der Waals surface area (Å²) in [5.74, 6) is 0.807. The maximum atomic E-state index is 12.7. The lowest BCUT2D eigenvalue weighted by molar-refractivity contribution is -0.0444. The van der Waals surface area contributed by atoms with Crippen molar-refractivity contribution in [1.29, 1.82) is 0 Å². The largest absolute Gasteiger partial charge is 0.375 e. The summed E-state index contributed by atoms with van der Waals surface area (Å²) in [6.45, 7) is 8.15. The van der Waals surface area contributed by atoms with Gasteiger partial charge in [0.25, 0.3) is 5.91 Å². The molecule has 1 aromatic rings. The van der Waals surface area contributed by atoms with E-state index in [0.717, 1.165) is 18.8 Å². The van der Waals surface area contributed by atoms with E-state index in [0.29, 0.717) is 18.7 Å². The number of carbonyl (C=O) groups is 1. The molecule has 0 spiro atoms. The van der Waals surface area contributed by atoms with Crippen LogP contribution in [0.15, 0.2) is 18.3 Å². The number of hydrogen-bond donors (Lipinski definition) is 1. The van der Waals surface area contributed by atoms with Crippen LogP contribution in [0.4, 0.5) is 5.82 Å². The molecule has 0 radical (unpaired) electrons. The number of anilines is 1. The second-order valence-corrected chi connectivity index (χ2v) is 5.12. The SMILES string of the molecule is CCNc1cc(C(=O)N2CC(C)OCC2CC)ccn1. The molecule has 1 aliphatic heterocycles. The van der Waals surface area contributed by atoms with Crippen LogP contribution >= 0.6 is 0 Å². The number of amides is 1. The zero-order valence-corrected chi connectivity index (χ0v) is 12.4. The molecule has 1 fully saturated rings. The highest BCUT2D eigenvalue weighted by molar-refractivity contribution is 5.95. The van der Waals surface area contributed by atoms with Crippen LogP contribution in [0.5, 0.6) is 0 Å². The Morgan fingerprint density at radius 2 is 2.35 bits per heavy atom. The van der Waals surface area contributed by atoms with E-state index in [2.05, 4.69) is 17.2 Å². The van der Waals surface area contributed by atoms with Gasteiger partial charge in [0.15, 0.2) is 0 Å². The highest BCUT2D eigenvalue weighted by atomic mass is 16.5. The predicted molar refractivity (Wildman–Crippen MR) is 78.9 cm³/mol. The fraction of sp³-hybridized carbons (Fsp3) is 0.600. The van der Waals surface area contributed by atoms with Crippen molar-refractivity contribution in [3.63, 3.8) is 0 Å². The van der Waals surface area contributed by atoms with Gasteiger partial charge >= 0.3 is 0 Å². The Bertz CT molecular complexity index is 464. The van der Waals surface area contributed by atoms with E-state index in [1.54, 1.807) is 12.3 Å². The first-order valence-electron chi connectivity index (χ1n) is 7.28. The number of nitrogens with zero attached hydrogens (tertiary/aromatic N) is 2. The number of nitrogens with one attached hydrogen (secondary N) is 1. The molecule has 20 heavy (non-hydrogen) atoms. The van der Waals surface area contributed by atoms with Crippen LogP contribution in [0.3, 0.4) is 0 Å². The molecule has 1 aromatic heterocycles. The Hall–Kier alpha value is -1.62. The highest BCUT2D eigenvalue weighted by Gasteiger charge is 2.30. The molecule has 5 heteroatoms. The number of ether oxygens (including phenoxy) is 1. The molecular formula is C15H23N3O2. The molecule has 0 aromatic carbocycles. The van der Waals surface area contributed by atoms with Crippen LogP contribution in [0.2, 0.25) is 0 Å². The summed E-state index contributed by atoms with van der Waals surface area (Å²) in [5.41, 5.74) is 0.684. The average Bonchev–Trinajstić information content (AvgIpc) is 2.47. The molecule has 0 saturated carbocycles. The predicted octanol–water partition coefficient (Wildman–Crippen LogP) is 2.15. The normalized spacial score (nSPS) is 22.6. The van der Waals surface area contributed by atoms with Gasteiger partial charge in [0.05, 0.1) is 18.8 Å². The maximum Gasteiger partial charge on any atom is 0.254 e. The van der Waals surface area contributed by atoms with Gasteiger partial charge in [-0.15, -0.1) is 0 Å². The summed E-state index contributed by atoms with van der Waals surface area (Å²) in [6, 6.07) is 3.75. The number of rotatable bonds is 4. The minimum atomic E-state index is 0.0635. The Morgan fingerprint density at radius 3 is 3.05 bits per heavy atom. The molecule has 1 amide bonds. The second kappa shape index (κ2) is 6.70. The zero-order chi connectivity index (χ0) is 14.5. The fourth-order valence-corrected chi connectivity index (χ4v) is 2.44. The van der Waals surface area contributed by atoms with E-state index >= 15 is 0 Å². The van der Waals surface area contributed by atoms with Crippen LogP contribution in [0.25, 0.3) is 0 Å². The Kier molecular flexibility index (Phi) is 4.95. The third-order valence-electron chi connectivity index (χ3n) is 3.56. The van der Waals surface area contributed by atoms with Gasteiger partial charge in [-0.25, -0.2) is 4.98 Å². The average molecular weight is 277 g/mol. The maximum absolute atomic E-state index is 12.7. The molecule has 1 N–H and O–H groups in total. The third-order valence-corrected chi connectivity index (χ3v) is 3.56. The first-order valence-corrected chi connectivity index (χ1v) is 7.28. The van der Waals surface area contributed by atoms with Crippen molar-refractivity contribution < 1.29 is 9.53 Å². The van der Waals surface area contributed by atoms with E-state index in [-0.39, 0.29) is 18.1 Å². The van der Waals surface area contributed by atoms with Crippen LogP contribution in [-0.2, 0) is 4.74 Å². The summed E-state index contributed by atoms with van der Waals surface area (Å²) in [5, 5.41) is 3.13. The van der Waals surface area contributed by atoms with Crippen molar-refractivity contribution in [3.8, 4) is 0 Å². The Balaban J connectivity index is 2.18. The standard InChI is InChI=1S/C15H23N3O2/c1-4-13-10-20-11(3)9-18(13)15(19)12-6-7-17-14(8-12)16-5-2/h6-8,11,13H,4-5,9-10H2,1-3H3,(H,16,17). The molecule has 0 aliphatic carbocycles. The number of hydrogen-bond acceptors (Lipinski definition) is 4. The Morgan fingerprint density at radius 1 is 1.55 bits per heavy atom. The quantitative estimate of drug-likeness (QED) is 0.916. The first kappa shape index (κ1) is 14.8. The van der Waals surface area contributed by atoms with Gasteiger partial charge in [-0.2, -0.15) is 0 Å². The summed E-state index contributed by atoms with van der Waals surface area (Å²) in [4.78, 5) is 18.8. The van der Waals surface area contributed by atoms with E-state index < -0.39 is 0 Å². The van der Waals surface area contributed by atoms with Crippen molar-refractivity contribution >= 4 is 11.7 Å². The van der Waals surface area contributed by atoms with Crippen LogP contribution in [-0.4, -0.2) is 47.6 Å². The summed E-state index contributed by atoms with van der Waals surface area (Å²) in [6.07, 6.45) is 2.68. The fourth-order valence-electron chi connectivity index (χ4n) is 2.44. The van der Waals surface area contributed by atoms with Crippen LogP contribution in [0, 0.1) is 0 Å². The molecule has 110 valence electrons. The molecule has 2 rings (SSSR count). The minimum Gasteiger partial charge on any atom is -0.375 e. The van der Waals surface area contributed by atoms with Crippen LogP contribution < -0.4 is 5.32 Å². The van der Waals surface area contributed by atoms with Crippen molar-refractivity contribution in [2.24, 2.45) is 0 Å². The van der Waals surface area contributed by atoms with Gasteiger partial charge < -0.3 is 15.0 Å². The smallest absolute Gasteiger partial charge is 0.254 e. The van der Waals surface area contributed by atoms with E-state index in [4.69, 9.17) is 4.74 Å². The van der Waals surface area contributed by atoms with Gasteiger partial charge in [0.1, 0.15) is 5.82 Å². The van der Waals surface area contributed by atoms with Gasteiger partial charge in [-0.05, 0) is 32.4 Å². The van der Waals surface area contributed by atoms with E-state index in [1.807, 2.05) is 24.8 Å². The van der Waals surface area contributed by atoms with Crippen molar-refractivity contribution in [2.75, 3.05) is 25.0 Å². The minimum absolute atomic E-state index is 0.0635. The lowest BCUT2D eigenvalue weighted by Crippen LogP contribution is -2.51. The van der Waals surface area contributed by atoms with Gasteiger partial charge in [-0.3, -0.25) is 4.79 Å². The zero-order valence-electron chi connectivity index (χ0n) is 12.4. The molecule has 2 unspecified atom stereocenters. The summed E-state index contributed by atoms with van der Waals surface area (Å²) >= 11 is 0. The summed E-state index contributed by atoms with van der Waals surface area (Å²) in [7, 11) is 0. The van der Waals surface area contributed by atoms with Crippen LogP contribution in [0.1, 0.15) is 37.6 Å². The van der Waals surface area contributed by atoms with Gasteiger partial charge in [0, 0.05) is 24.8 Å². The monoisotopic (exact) mass is 277 g/mol. The summed E-state index contributed by atoms with van der Waals surface area (Å²) < 4.78 is 5.64. The molecule has 1 saturated heterocycles. The van der Waals surface area contributed by atoms with Gasteiger partial charge in [-0.1, -0.05) is 6.92 Å². The highest BCUT2D eigenvalue weighted by Crippen LogP contribution is 2.18. The second-order valence-electron chi connectivity index (χ2n) is 5.12. The van der Waals surface area contributed by atoms with Gasteiger partial charge in [0.2, 0.25) is 0 Å². The molecular weight excluding hydrogens is 254 g/mol. The number of aromatic nitrogens is 1. The Labute approximate surface area is 120 Å². The molecule has 5 nitrogen and oxygen atoms in total. The molecule has 2 heterocycles. The third kappa shape index (κ3) is 3.28.